The minimum Gasteiger partial charge on any atom is -0.462 e. The van der Waals surface area contributed by atoms with E-state index in [4.69, 9.17) is 9.72 Å². The molecule has 0 aromatic carbocycles. The number of hydrogen-bond donors (Lipinski definition) is 1. The average Bonchev–Trinajstić information content (AvgIpc) is 3.16. The number of piperazine rings is 1. The van der Waals surface area contributed by atoms with E-state index in [-0.39, 0.29) is 24.1 Å². The molecular weight excluding hydrogens is 428 g/mol. The quantitative estimate of drug-likeness (QED) is 0.688. The molecule has 32 heavy (non-hydrogen) atoms. The minimum atomic E-state index is -0.416. The second kappa shape index (κ2) is 9.70. The van der Waals surface area contributed by atoms with Crippen molar-refractivity contribution in [3.8, 4) is 0 Å². The summed E-state index contributed by atoms with van der Waals surface area (Å²) in [4.78, 5) is 50.7. The smallest absolute Gasteiger partial charge is 0.348 e. The third-order valence-electron chi connectivity index (χ3n) is 6.80. The highest BCUT2D eigenvalue weighted by Gasteiger charge is 2.31. The molecule has 1 N–H and O–H groups in total. The van der Waals surface area contributed by atoms with Crippen LogP contribution in [-0.4, -0.2) is 64.4 Å². The lowest BCUT2D eigenvalue weighted by Gasteiger charge is -2.39. The average molecular weight is 461 g/mol. The van der Waals surface area contributed by atoms with Crippen molar-refractivity contribution in [2.75, 3.05) is 32.8 Å². The maximum atomic E-state index is 12.8. The van der Waals surface area contributed by atoms with Crippen molar-refractivity contribution in [3.63, 3.8) is 0 Å². The van der Waals surface area contributed by atoms with E-state index in [0.29, 0.717) is 45.5 Å². The number of thiophene rings is 1. The van der Waals surface area contributed by atoms with Crippen LogP contribution < -0.4 is 5.56 Å². The van der Waals surface area contributed by atoms with E-state index < -0.39 is 5.97 Å². The van der Waals surface area contributed by atoms with Crippen LogP contribution in [0.5, 0.6) is 0 Å². The highest BCUT2D eigenvalue weighted by atomic mass is 32.1. The Hall–Kier alpha value is -2.26. The molecule has 0 spiro atoms. The Kier molecular flexibility index (Phi) is 6.95. The number of carbonyl (C=O) groups excluding carboxylic acids is 2. The maximum absolute atomic E-state index is 12.8. The molecule has 2 aliphatic rings. The number of hydrogen-bond acceptors (Lipinski definition) is 7. The van der Waals surface area contributed by atoms with Crippen LogP contribution in [0.2, 0.25) is 0 Å². The molecule has 2 aromatic heterocycles. The molecule has 0 bridgehead atoms. The van der Waals surface area contributed by atoms with Crippen LogP contribution in [0.25, 0.3) is 10.2 Å². The summed E-state index contributed by atoms with van der Waals surface area (Å²) >= 11 is 1.21. The van der Waals surface area contributed by atoms with E-state index in [1.807, 2.05) is 11.8 Å². The largest absolute Gasteiger partial charge is 0.462 e. The molecule has 1 aliphatic heterocycles. The molecule has 2 fully saturated rings. The number of esters is 1. The van der Waals surface area contributed by atoms with Crippen LogP contribution in [0.15, 0.2) is 4.79 Å². The van der Waals surface area contributed by atoms with Crippen molar-refractivity contribution in [1.29, 1.82) is 0 Å². The Morgan fingerprint density at radius 2 is 1.88 bits per heavy atom. The molecule has 1 aliphatic carbocycles. The number of ether oxygens (including phenoxy) is 1. The summed E-state index contributed by atoms with van der Waals surface area (Å²) in [5.74, 6) is 0.682. The second-order valence-corrected chi connectivity index (χ2v) is 9.78. The zero-order chi connectivity index (χ0) is 22.8. The molecule has 1 saturated heterocycles. The summed E-state index contributed by atoms with van der Waals surface area (Å²) < 4.78 is 5.12. The van der Waals surface area contributed by atoms with Crippen LogP contribution in [-0.2, 0) is 9.53 Å². The summed E-state index contributed by atoms with van der Waals surface area (Å²) in [6.45, 7) is 8.73. The Labute approximate surface area is 192 Å². The van der Waals surface area contributed by atoms with E-state index in [1.165, 1.54) is 17.8 Å². The summed E-state index contributed by atoms with van der Waals surface area (Å²) in [5, 5.41) is 0.455. The van der Waals surface area contributed by atoms with Gasteiger partial charge in [-0.3, -0.25) is 14.5 Å². The highest BCUT2D eigenvalue weighted by Crippen LogP contribution is 2.30. The minimum absolute atomic E-state index is 0.0903. The van der Waals surface area contributed by atoms with E-state index in [9.17, 15) is 14.4 Å². The first-order chi connectivity index (χ1) is 15.4. The van der Waals surface area contributed by atoms with E-state index in [1.54, 1.807) is 13.8 Å². The molecule has 9 heteroatoms. The van der Waals surface area contributed by atoms with Gasteiger partial charge in [-0.25, -0.2) is 9.78 Å². The van der Waals surface area contributed by atoms with Crippen molar-refractivity contribution in [3.05, 3.63) is 26.6 Å². The number of fused-ring (bicyclic) bond motifs is 1. The third kappa shape index (κ3) is 4.45. The van der Waals surface area contributed by atoms with Gasteiger partial charge in [0.2, 0.25) is 5.91 Å². The number of amides is 1. The van der Waals surface area contributed by atoms with Gasteiger partial charge >= 0.3 is 5.97 Å². The van der Waals surface area contributed by atoms with Gasteiger partial charge < -0.3 is 14.6 Å². The first-order valence-corrected chi connectivity index (χ1v) is 12.5. The maximum Gasteiger partial charge on any atom is 0.348 e. The molecular formula is C23H32N4O4S. The summed E-state index contributed by atoms with van der Waals surface area (Å²) in [7, 11) is 0. The van der Waals surface area contributed by atoms with Gasteiger partial charge in [0, 0.05) is 32.1 Å². The summed E-state index contributed by atoms with van der Waals surface area (Å²) in [6.07, 6.45) is 5.61. The lowest BCUT2D eigenvalue weighted by atomic mass is 9.88. The molecule has 3 heterocycles. The number of aromatic amines is 1. The van der Waals surface area contributed by atoms with Crippen LogP contribution in [0.1, 0.15) is 73.1 Å². The van der Waals surface area contributed by atoms with E-state index in [0.717, 1.165) is 38.8 Å². The monoisotopic (exact) mass is 460 g/mol. The zero-order valence-corrected chi connectivity index (χ0v) is 19.9. The molecule has 0 radical (unpaired) electrons. The van der Waals surface area contributed by atoms with Crippen molar-refractivity contribution in [1.82, 2.24) is 19.8 Å². The summed E-state index contributed by atoms with van der Waals surface area (Å²) in [5.41, 5.74) is 0.388. The van der Waals surface area contributed by atoms with Crippen LogP contribution in [0, 0.1) is 12.8 Å². The molecule has 1 saturated carbocycles. The van der Waals surface area contributed by atoms with Gasteiger partial charge in [0.1, 0.15) is 15.5 Å². The Morgan fingerprint density at radius 1 is 1.19 bits per heavy atom. The molecule has 8 nitrogen and oxygen atoms in total. The second-order valence-electron chi connectivity index (χ2n) is 8.78. The first-order valence-electron chi connectivity index (χ1n) is 11.6. The fourth-order valence-corrected chi connectivity index (χ4v) is 5.94. The number of aromatic nitrogens is 2. The van der Waals surface area contributed by atoms with Gasteiger partial charge in [0.15, 0.2) is 0 Å². The number of H-pyrrole nitrogens is 1. The molecule has 1 atom stereocenters. The number of aryl methyl sites for hydroxylation is 1. The van der Waals surface area contributed by atoms with Gasteiger partial charge in [-0.15, -0.1) is 11.3 Å². The topological polar surface area (TPSA) is 95.6 Å². The van der Waals surface area contributed by atoms with Crippen LogP contribution in [0.3, 0.4) is 0 Å². The normalized spacial score (nSPS) is 19.3. The molecule has 174 valence electrons. The van der Waals surface area contributed by atoms with Crippen molar-refractivity contribution in [2.45, 2.75) is 58.9 Å². The number of rotatable bonds is 5. The lowest BCUT2D eigenvalue weighted by molar-refractivity contribution is -0.138. The van der Waals surface area contributed by atoms with Crippen LogP contribution >= 0.6 is 11.3 Å². The Bertz CT molecular complexity index is 1050. The van der Waals surface area contributed by atoms with Gasteiger partial charge in [-0.2, -0.15) is 0 Å². The standard InChI is InChI=1S/C23H32N4O4S/c1-4-31-23(30)18-14(2)17-20(28)24-19(25-21(17)32-18)15(3)26-10-12-27(13-11-26)22(29)16-8-6-5-7-9-16/h15-16H,4-13H2,1-3H3,(H,24,25,28). The lowest BCUT2D eigenvalue weighted by Crippen LogP contribution is -2.51. The predicted octanol–water partition coefficient (Wildman–Crippen LogP) is 3.26. The Morgan fingerprint density at radius 3 is 2.53 bits per heavy atom. The fourth-order valence-electron chi connectivity index (χ4n) is 4.86. The Balaban J connectivity index is 1.47. The predicted molar refractivity (Wildman–Crippen MR) is 124 cm³/mol. The zero-order valence-electron chi connectivity index (χ0n) is 19.1. The van der Waals surface area contributed by atoms with Gasteiger partial charge in [0.05, 0.1) is 18.0 Å². The van der Waals surface area contributed by atoms with Gasteiger partial charge in [0.25, 0.3) is 5.56 Å². The summed E-state index contributed by atoms with van der Waals surface area (Å²) in [6, 6.07) is -0.0903. The molecule has 1 unspecified atom stereocenters. The number of nitrogens with one attached hydrogen (secondary N) is 1. The van der Waals surface area contributed by atoms with Gasteiger partial charge in [-0.1, -0.05) is 19.3 Å². The SMILES string of the molecule is CCOC(=O)c1sc2nc(C(C)N3CCN(C(=O)C4CCCCC4)CC3)[nH]c(=O)c2c1C. The van der Waals surface area contributed by atoms with Crippen LogP contribution in [0.4, 0.5) is 0 Å². The molecule has 1 amide bonds. The van der Waals surface area contributed by atoms with Gasteiger partial charge in [-0.05, 0) is 39.2 Å². The highest BCUT2D eigenvalue weighted by molar-refractivity contribution is 7.20. The molecule has 2 aromatic rings. The first kappa shape index (κ1) is 22.9. The third-order valence-corrected chi connectivity index (χ3v) is 7.97. The van der Waals surface area contributed by atoms with Crippen molar-refractivity contribution < 1.29 is 14.3 Å². The van der Waals surface area contributed by atoms with E-state index >= 15 is 0 Å². The number of carbonyl (C=O) groups is 2. The fraction of sp³-hybridized carbons (Fsp3) is 0.652. The van der Waals surface area contributed by atoms with Crippen molar-refractivity contribution >= 4 is 33.4 Å². The molecule has 4 rings (SSSR count). The number of nitrogens with zero attached hydrogens (tertiary/aromatic N) is 3. The van der Waals surface area contributed by atoms with Crippen molar-refractivity contribution in [2.24, 2.45) is 5.92 Å². The van der Waals surface area contributed by atoms with E-state index in [2.05, 4.69) is 9.88 Å².